The Morgan fingerprint density at radius 3 is 2.49 bits per heavy atom. The summed E-state index contributed by atoms with van der Waals surface area (Å²) < 4.78 is 20.4. The quantitative estimate of drug-likeness (QED) is 0.554. The fourth-order valence-corrected chi connectivity index (χ4v) is 6.04. The van der Waals surface area contributed by atoms with Gasteiger partial charge in [0, 0.05) is 36.1 Å². The molecule has 0 saturated carbocycles. The predicted molar refractivity (Wildman–Crippen MR) is 142 cm³/mol. The molecule has 1 saturated heterocycles. The number of carbonyl (C=O) groups excluding carboxylic acids is 2. The number of carboxylic acids is 1. The Morgan fingerprint density at radius 2 is 1.86 bits per heavy atom. The summed E-state index contributed by atoms with van der Waals surface area (Å²) in [4.78, 5) is 41.8. The largest absolute Gasteiger partial charge is 0.494 e. The molecule has 200 valence electrons. The zero-order chi connectivity index (χ0) is 26.9. The Balaban J connectivity index is 1.60. The van der Waals surface area contributed by atoms with Gasteiger partial charge >= 0.3 is 12.0 Å². The van der Waals surface area contributed by atoms with E-state index in [0.29, 0.717) is 54.6 Å². The van der Waals surface area contributed by atoms with Gasteiger partial charge in [0.1, 0.15) is 17.6 Å². The fourth-order valence-electron chi connectivity index (χ4n) is 4.92. The van der Waals surface area contributed by atoms with Crippen LogP contribution in [-0.2, 0) is 16.0 Å². The highest BCUT2D eigenvalue weighted by atomic mass is 32.3. The highest BCUT2D eigenvalue weighted by Gasteiger charge is 2.41. The van der Waals surface area contributed by atoms with Crippen molar-refractivity contribution < 1.29 is 28.6 Å². The summed E-state index contributed by atoms with van der Waals surface area (Å²) in [5, 5.41) is 11.8. The SMILES string of the molecule is CCOc1ccc2c(c1)CCN(C(=O)N1CC(CC(=O)O)C1)[C@H]2C(=O)Nc1ccc(S(C)(C)C)c(F)c1. The van der Waals surface area contributed by atoms with Crippen LogP contribution in [0.3, 0.4) is 0 Å². The number of fused-ring (bicyclic) bond motifs is 1. The number of nitrogens with zero attached hydrogens (tertiary/aromatic N) is 2. The maximum Gasteiger partial charge on any atom is 0.320 e. The molecule has 0 aromatic heterocycles. The molecule has 2 aliphatic rings. The molecule has 1 atom stereocenters. The molecule has 2 aromatic rings. The lowest BCUT2D eigenvalue weighted by Crippen LogP contribution is -2.58. The van der Waals surface area contributed by atoms with E-state index in [1.807, 2.05) is 31.8 Å². The van der Waals surface area contributed by atoms with Crippen molar-refractivity contribution in [3.63, 3.8) is 0 Å². The summed E-state index contributed by atoms with van der Waals surface area (Å²) in [5.41, 5.74) is 1.94. The highest BCUT2D eigenvalue weighted by molar-refractivity contribution is 8.32. The van der Waals surface area contributed by atoms with E-state index in [1.54, 1.807) is 29.2 Å². The fraction of sp³-hybridized carbons (Fsp3) is 0.444. The minimum absolute atomic E-state index is 0.00850. The molecular weight excluding hydrogens is 497 g/mol. The van der Waals surface area contributed by atoms with Gasteiger partial charge in [-0.15, -0.1) is 0 Å². The van der Waals surface area contributed by atoms with Gasteiger partial charge in [0.15, 0.2) is 0 Å². The van der Waals surface area contributed by atoms with Crippen molar-refractivity contribution in [1.82, 2.24) is 9.80 Å². The zero-order valence-corrected chi connectivity index (χ0v) is 22.4. The molecule has 10 heteroatoms. The van der Waals surface area contributed by atoms with E-state index in [9.17, 15) is 18.8 Å². The second-order valence-electron chi connectivity index (χ2n) is 10.3. The van der Waals surface area contributed by atoms with Gasteiger partial charge in [-0.3, -0.25) is 9.59 Å². The Bertz CT molecular complexity index is 1210. The number of benzene rings is 2. The average Bonchev–Trinajstić information content (AvgIpc) is 2.79. The first-order valence-electron chi connectivity index (χ1n) is 12.3. The maximum absolute atomic E-state index is 14.8. The monoisotopic (exact) mass is 531 g/mol. The number of ether oxygens (including phenoxy) is 1. The van der Waals surface area contributed by atoms with E-state index in [0.717, 1.165) is 5.56 Å². The Hall–Kier alpha value is -3.27. The van der Waals surface area contributed by atoms with Crippen LogP contribution in [0.5, 0.6) is 5.75 Å². The molecule has 0 radical (unpaired) electrons. The summed E-state index contributed by atoms with van der Waals surface area (Å²) in [6.07, 6.45) is 6.56. The van der Waals surface area contributed by atoms with Crippen molar-refractivity contribution >= 4 is 33.6 Å². The highest BCUT2D eigenvalue weighted by Crippen LogP contribution is 2.47. The molecule has 2 aliphatic heterocycles. The van der Waals surface area contributed by atoms with E-state index in [2.05, 4.69) is 5.32 Å². The number of carboxylic acid groups (broad SMARTS) is 1. The molecule has 3 amide bonds. The smallest absolute Gasteiger partial charge is 0.320 e. The Kier molecular flexibility index (Phi) is 7.68. The van der Waals surface area contributed by atoms with Crippen LogP contribution in [0.15, 0.2) is 41.3 Å². The van der Waals surface area contributed by atoms with Gasteiger partial charge < -0.3 is 25.0 Å². The summed E-state index contributed by atoms with van der Waals surface area (Å²) in [6, 6.07) is 8.98. The number of aliphatic carboxylic acids is 1. The van der Waals surface area contributed by atoms with Crippen molar-refractivity contribution in [1.29, 1.82) is 0 Å². The van der Waals surface area contributed by atoms with Gasteiger partial charge in [-0.25, -0.2) is 19.2 Å². The first-order valence-corrected chi connectivity index (χ1v) is 15.2. The summed E-state index contributed by atoms with van der Waals surface area (Å²) in [7, 11) is -1.28. The number of urea groups is 1. The molecule has 8 nitrogen and oxygen atoms in total. The van der Waals surface area contributed by atoms with Crippen LogP contribution in [0.4, 0.5) is 14.9 Å². The molecule has 0 unspecified atom stereocenters. The third-order valence-electron chi connectivity index (χ3n) is 6.70. The van der Waals surface area contributed by atoms with E-state index < -0.39 is 27.9 Å². The van der Waals surface area contributed by atoms with Gasteiger partial charge in [-0.1, -0.05) is 6.07 Å². The van der Waals surface area contributed by atoms with Crippen LogP contribution in [0.25, 0.3) is 0 Å². The van der Waals surface area contributed by atoms with E-state index >= 15 is 0 Å². The summed E-state index contributed by atoms with van der Waals surface area (Å²) >= 11 is 0. The molecule has 1 fully saturated rings. The van der Waals surface area contributed by atoms with Crippen molar-refractivity contribution in [2.24, 2.45) is 5.92 Å². The van der Waals surface area contributed by atoms with Crippen LogP contribution in [0, 0.1) is 11.7 Å². The topological polar surface area (TPSA) is 99.2 Å². The van der Waals surface area contributed by atoms with Gasteiger partial charge in [-0.2, -0.15) is 0 Å². The lowest BCUT2D eigenvalue weighted by molar-refractivity contribution is -0.139. The van der Waals surface area contributed by atoms with Crippen molar-refractivity contribution in [3.8, 4) is 5.75 Å². The minimum Gasteiger partial charge on any atom is -0.494 e. The molecule has 2 N–H and O–H groups in total. The molecule has 4 rings (SSSR count). The number of rotatable bonds is 7. The number of carbonyl (C=O) groups is 3. The number of hydrogen-bond acceptors (Lipinski definition) is 4. The number of likely N-dealkylation sites (tertiary alicyclic amines) is 1. The Labute approximate surface area is 218 Å². The number of anilines is 1. The average molecular weight is 532 g/mol. The third-order valence-corrected chi connectivity index (χ3v) is 8.35. The Morgan fingerprint density at radius 1 is 1.14 bits per heavy atom. The van der Waals surface area contributed by atoms with Gasteiger partial charge in [0.05, 0.1) is 13.0 Å². The molecule has 0 bridgehead atoms. The minimum atomic E-state index is -1.28. The molecule has 37 heavy (non-hydrogen) atoms. The third kappa shape index (κ3) is 5.84. The summed E-state index contributed by atoms with van der Waals surface area (Å²) in [5.74, 6) is -1.09. The van der Waals surface area contributed by atoms with Crippen molar-refractivity contribution in [3.05, 3.63) is 53.3 Å². The van der Waals surface area contributed by atoms with Gasteiger partial charge in [0.2, 0.25) is 0 Å². The number of amides is 3. The van der Waals surface area contributed by atoms with E-state index in [1.165, 1.54) is 11.0 Å². The molecule has 2 heterocycles. The molecular formula is C27H34FN3O5S. The number of nitrogens with one attached hydrogen (secondary N) is 1. The molecule has 0 spiro atoms. The van der Waals surface area contributed by atoms with Gasteiger partial charge in [0.25, 0.3) is 5.91 Å². The second-order valence-corrected chi connectivity index (χ2v) is 14.4. The normalized spacial score (nSPS) is 18.0. The lowest BCUT2D eigenvalue weighted by atomic mass is 9.91. The van der Waals surface area contributed by atoms with E-state index in [-0.39, 0.29) is 24.2 Å². The predicted octanol–water partition coefficient (Wildman–Crippen LogP) is 4.34. The lowest BCUT2D eigenvalue weighted by Gasteiger charge is -2.45. The van der Waals surface area contributed by atoms with Crippen LogP contribution in [0.1, 0.15) is 30.5 Å². The van der Waals surface area contributed by atoms with Gasteiger partial charge in [-0.05, 0) is 73.6 Å². The van der Waals surface area contributed by atoms with Crippen LogP contribution >= 0.6 is 10.0 Å². The van der Waals surface area contributed by atoms with Crippen LogP contribution in [-0.4, -0.2) is 77.8 Å². The van der Waals surface area contributed by atoms with E-state index in [4.69, 9.17) is 9.84 Å². The molecule has 0 aliphatic carbocycles. The number of halogens is 1. The first kappa shape index (κ1) is 26.8. The maximum atomic E-state index is 14.8. The zero-order valence-electron chi connectivity index (χ0n) is 21.6. The van der Waals surface area contributed by atoms with Crippen LogP contribution < -0.4 is 10.1 Å². The van der Waals surface area contributed by atoms with Crippen molar-refractivity contribution in [2.75, 3.05) is 50.3 Å². The second kappa shape index (κ2) is 10.6. The standard InChI is InChI=1S/C27H34FN3O5S/c1-5-36-20-7-8-21-18(13-20)10-11-31(27(35)30-15-17(16-30)12-24(32)33)25(21)26(34)29-19-6-9-23(22(28)14-19)37(2,3)4/h6-9,13-14,17,25H,5,10-12,15-16H2,1-4H3,(H,29,34)(H,32,33)/t25-/m1/s1. The van der Waals surface area contributed by atoms with Crippen LogP contribution in [0.2, 0.25) is 0 Å². The number of hydrogen-bond donors (Lipinski definition) is 2. The first-order chi connectivity index (χ1) is 17.5. The summed E-state index contributed by atoms with van der Waals surface area (Å²) in [6.45, 7) is 3.41. The van der Waals surface area contributed by atoms with Crippen molar-refractivity contribution in [2.45, 2.75) is 30.7 Å². The molecule has 2 aromatic carbocycles.